The zero-order chi connectivity index (χ0) is 14.9. The first-order valence-electron chi connectivity index (χ1n) is 7.61. The SMILES string of the molecule is N[C@H]1CC[C@@H](n2ccnc2-c2cnc(-c3ccccc3)s2)C1. The molecule has 0 radical (unpaired) electrons. The van der Waals surface area contributed by atoms with Crippen molar-refractivity contribution in [2.45, 2.75) is 31.3 Å². The molecule has 4 rings (SSSR count). The van der Waals surface area contributed by atoms with Crippen molar-refractivity contribution < 1.29 is 0 Å². The van der Waals surface area contributed by atoms with Gasteiger partial charge in [-0.3, -0.25) is 0 Å². The molecule has 0 unspecified atom stereocenters. The largest absolute Gasteiger partial charge is 0.328 e. The van der Waals surface area contributed by atoms with Crippen LogP contribution < -0.4 is 5.73 Å². The standard InChI is InChI=1S/C17H18N4S/c18-13-6-7-14(10-13)21-9-8-19-16(21)15-11-20-17(22-15)12-4-2-1-3-5-12/h1-5,8-9,11,13-14H,6-7,10,18H2/t13-,14+/m0/s1. The first kappa shape index (κ1) is 13.7. The zero-order valence-corrected chi connectivity index (χ0v) is 13.0. The Morgan fingerprint density at radius 3 is 2.77 bits per heavy atom. The Kier molecular flexibility index (Phi) is 3.52. The van der Waals surface area contributed by atoms with Crippen LogP contribution in [0.3, 0.4) is 0 Å². The van der Waals surface area contributed by atoms with Gasteiger partial charge in [0.05, 0.1) is 4.88 Å². The molecule has 2 aromatic heterocycles. The van der Waals surface area contributed by atoms with Crippen LogP contribution in [0.4, 0.5) is 0 Å². The van der Waals surface area contributed by atoms with Crippen molar-refractivity contribution in [1.29, 1.82) is 0 Å². The summed E-state index contributed by atoms with van der Waals surface area (Å²) >= 11 is 1.69. The van der Waals surface area contributed by atoms with E-state index in [9.17, 15) is 0 Å². The lowest BCUT2D eigenvalue weighted by Crippen LogP contribution is -2.16. The Hall–Kier alpha value is -1.98. The maximum absolute atomic E-state index is 6.06. The third-order valence-corrected chi connectivity index (χ3v) is 5.30. The van der Waals surface area contributed by atoms with Crippen LogP contribution >= 0.6 is 11.3 Å². The topological polar surface area (TPSA) is 56.7 Å². The van der Waals surface area contributed by atoms with Crippen LogP contribution in [0.2, 0.25) is 0 Å². The van der Waals surface area contributed by atoms with E-state index in [1.807, 2.05) is 30.6 Å². The molecule has 1 fully saturated rings. The van der Waals surface area contributed by atoms with Gasteiger partial charge in [0, 0.05) is 36.2 Å². The number of imidazole rings is 1. The fraction of sp³-hybridized carbons (Fsp3) is 0.294. The van der Waals surface area contributed by atoms with Crippen molar-refractivity contribution in [2.75, 3.05) is 0 Å². The maximum atomic E-state index is 6.06. The molecule has 0 amide bonds. The Bertz CT molecular complexity index is 762. The van der Waals surface area contributed by atoms with Crippen molar-refractivity contribution in [2.24, 2.45) is 5.73 Å². The quantitative estimate of drug-likeness (QED) is 0.802. The minimum atomic E-state index is 0.321. The molecule has 0 bridgehead atoms. The van der Waals surface area contributed by atoms with Crippen molar-refractivity contribution >= 4 is 11.3 Å². The van der Waals surface area contributed by atoms with Crippen LogP contribution in [0, 0.1) is 0 Å². The highest BCUT2D eigenvalue weighted by Gasteiger charge is 2.25. The Labute approximate surface area is 133 Å². The van der Waals surface area contributed by atoms with Crippen molar-refractivity contribution in [3.63, 3.8) is 0 Å². The average Bonchev–Trinajstić information content (AvgIpc) is 3.27. The number of rotatable bonds is 3. The van der Waals surface area contributed by atoms with Crippen LogP contribution in [-0.4, -0.2) is 20.6 Å². The van der Waals surface area contributed by atoms with Gasteiger partial charge in [0.15, 0.2) is 5.82 Å². The number of nitrogens with zero attached hydrogens (tertiary/aromatic N) is 3. The van der Waals surface area contributed by atoms with Gasteiger partial charge in [-0.1, -0.05) is 30.3 Å². The molecule has 0 saturated heterocycles. The van der Waals surface area contributed by atoms with Crippen LogP contribution in [0.5, 0.6) is 0 Å². The van der Waals surface area contributed by atoms with Crippen LogP contribution in [0.1, 0.15) is 25.3 Å². The summed E-state index contributed by atoms with van der Waals surface area (Å²) in [7, 11) is 0. The van der Waals surface area contributed by atoms with E-state index in [-0.39, 0.29) is 0 Å². The summed E-state index contributed by atoms with van der Waals surface area (Å²) in [5.41, 5.74) is 7.21. The van der Waals surface area contributed by atoms with E-state index < -0.39 is 0 Å². The lowest BCUT2D eigenvalue weighted by molar-refractivity contribution is 0.515. The molecule has 22 heavy (non-hydrogen) atoms. The summed E-state index contributed by atoms with van der Waals surface area (Å²) in [6, 6.07) is 11.1. The van der Waals surface area contributed by atoms with Crippen LogP contribution in [0.15, 0.2) is 48.9 Å². The molecular formula is C17H18N4S. The summed E-state index contributed by atoms with van der Waals surface area (Å²) < 4.78 is 2.27. The summed E-state index contributed by atoms with van der Waals surface area (Å²) in [6.45, 7) is 0. The average molecular weight is 310 g/mol. The second-order valence-electron chi connectivity index (χ2n) is 5.78. The van der Waals surface area contributed by atoms with Crippen molar-refractivity contribution in [3.05, 3.63) is 48.9 Å². The minimum Gasteiger partial charge on any atom is -0.328 e. The summed E-state index contributed by atoms with van der Waals surface area (Å²) in [5.74, 6) is 1.01. The molecule has 5 heteroatoms. The van der Waals surface area contributed by atoms with Gasteiger partial charge < -0.3 is 10.3 Å². The van der Waals surface area contributed by atoms with Gasteiger partial charge in [-0.2, -0.15) is 0 Å². The van der Waals surface area contributed by atoms with Crippen LogP contribution in [-0.2, 0) is 0 Å². The molecule has 4 nitrogen and oxygen atoms in total. The van der Waals surface area contributed by atoms with Gasteiger partial charge in [-0.05, 0) is 19.3 Å². The maximum Gasteiger partial charge on any atom is 0.151 e. The van der Waals surface area contributed by atoms with E-state index in [0.29, 0.717) is 12.1 Å². The highest BCUT2D eigenvalue weighted by atomic mass is 32.1. The molecule has 0 spiro atoms. The number of thiazole rings is 1. The molecule has 1 saturated carbocycles. The van der Waals surface area contributed by atoms with E-state index in [1.54, 1.807) is 11.3 Å². The van der Waals surface area contributed by atoms with Crippen molar-refractivity contribution in [1.82, 2.24) is 14.5 Å². The zero-order valence-electron chi connectivity index (χ0n) is 12.2. The summed E-state index contributed by atoms with van der Waals surface area (Å²) in [5, 5.41) is 1.04. The Morgan fingerprint density at radius 2 is 2.00 bits per heavy atom. The monoisotopic (exact) mass is 310 g/mol. The normalized spacial score (nSPS) is 21.3. The Morgan fingerprint density at radius 1 is 1.14 bits per heavy atom. The molecule has 1 aliphatic carbocycles. The second kappa shape index (κ2) is 5.66. The second-order valence-corrected chi connectivity index (χ2v) is 6.81. The summed E-state index contributed by atoms with van der Waals surface area (Å²) in [4.78, 5) is 10.2. The number of benzene rings is 1. The number of hydrogen-bond donors (Lipinski definition) is 1. The summed E-state index contributed by atoms with van der Waals surface area (Å²) in [6.07, 6.45) is 9.14. The predicted octanol–water partition coefficient (Wildman–Crippen LogP) is 3.73. The smallest absolute Gasteiger partial charge is 0.151 e. The molecule has 0 aliphatic heterocycles. The third kappa shape index (κ3) is 2.46. The lowest BCUT2D eigenvalue weighted by atomic mass is 10.2. The molecule has 1 aliphatic rings. The van der Waals surface area contributed by atoms with Gasteiger partial charge in [0.1, 0.15) is 5.01 Å². The van der Waals surface area contributed by atoms with Gasteiger partial charge in [-0.15, -0.1) is 11.3 Å². The molecule has 2 N–H and O–H groups in total. The van der Waals surface area contributed by atoms with Gasteiger partial charge in [0.25, 0.3) is 0 Å². The van der Waals surface area contributed by atoms with E-state index in [0.717, 1.165) is 40.5 Å². The minimum absolute atomic E-state index is 0.321. The first-order valence-corrected chi connectivity index (χ1v) is 8.43. The predicted molar refractivity (Wildman–Crippen MR) is 89.6 cm³/mol. The van der Waals surface area contributed by atoms with Gasteiger partial charge >= 0.3 is 0 Å². The fourth-order valence-corrected chi connectivity index (χ4v) is 4.06. The Balaban J connectivity index is 1.66. The van der Waals surface area contributed by atoms with E-state index in [4.69, 9.17) is 5.73 Å². The van der Waals surface area contributed by atoms with Gasteiger partial charge in [-0.25, -0.2) is 9.97 Å². The highest BCUT2D eigenvalue weighted by Crippen LogP contribution is 2.36. The molecule has 2 heterocycles. The van der Waals surface area contributed by atoms with Gasteiger partial charge in [0.2, 0.25) is 0 Å². The molecular weight excluding hydrogens is 292 g/mol. The number of aromatic nitrogens is 3. The highest BCUT2D eigenvalue weighted by molar-refractivity contribution is 7.18. The number of nitrogens with two attached hydrogens (primary N) is 1. The van der Waals surface area contributed by atoms with Crippen LogP contribution in [0.25, 0.3) is 21.3 Å². The third-order valence-electron chi connectivity index (χ3n) is 4.25. The van der Waals surface area contributed by atoms with E-state index >= 15 is 0 Å². The molecule has 1 aromatic carbocycles. The molecule has 2 atom stereocenters. The van der Waals surface area contributed by atoms with Crippen molar-refractivity contribution in [3.8, 4) is 21.3 Å². The molecule has 3 aromatic rings. The number of hydrogen-bond acceptors (Lipinski definition) is 4. The van der Waals surface area contributed by atoms with E-state index in [1.165, 1.54) is 0 Å². The van der Waals surface area contributed by atoms with E-state index in [2.05, 4.69) is 32.9 Å². The fourth-order valence-electron chi connectivity index (χ4n) is 3.13. The lowest BCUT2D eigenvalue weighted by Gasteiger charge is -2.14. The molecule has 112 valence electrons. The first-order chi connectivity index (χ1) is 10.8.